The first-order valence-corrected chi connectivity index (χ1v) is 10.5. The molecule has 0 fully saturated rings. The number of ether oxygens (including phenoxy) is 2. The van der Waals surface area contributed by atoms with Crippen LogP contribution in [-0.2, 0) is 9.47 Å². The number of amidine groups is 2. The molecule has 2 atom stereocenters. The second-order valence-corrected chi connectivity index (χ2v) is 8.46. The van der Waals surface area contributed by atoms with E-state index in [1.54, 1.807) is 0 Å². The fraction of sp³-hybridized carbons (Fsp3) is 0.263. The lowest BCUT2D eigenvalue weighted by Gasteiger charge is -2.06. The molecule has 2 heterocycles. The molecule has 156 valence electrons. The van der Waals surface area contributed by atoms with E-state index in [1.807, 2.05) is 36.4 Å². The first kappa shape index (κ1) is 23.8. The summed E-state index contributed by atoms with van der Waals surface area (Å²) in [6.07, 6.45) is 0. The Morgan fingerprint density at radius 3 is 1.45 bits per heavy atom. The second-order valence-electron chi connectivity index (χ2n) is 5.94. The van der Waals surface area contributed by atoms with Crippen LogP contribution in [0, 0.1) is 0 Å². The molecule has 0 aromatic heterocycles. The van der Waals surface area contributed by atoms with Crippen molar-refractivity contribution in [1.82, 2.24) is 0 Å². The second kappa shape index (κ2) is 10.5. The van der Waals surface area contributed by atoms with Gasteiger partial charge in [-0.15, -0.1) is 0 Å². The molecule has 2 aliphatic rings. The van der Waals surface area contributed by atoms with Gasteiger partial charge in [0.25, 0.3) is 12.0 Å². The average Bonchev–Trinajstić information content (AvgIpc) is 3.29. The van der Waals surface area contributed by atoms with Gasteiger partial charge in [-0.1, -0.05) is 42.8 Å². The smallest absolute Gasteiger partial charge is 0.282 e. The fourth-order valence-electron chi connectivity index (χ4n) is 2.57. The van der Waals surface area contributed by atoms with Crippen molar-refractivity contribution in [2.75, 3.05) is 13.2 Å². The van der Waals surface area contributed by atoms with Crippen molar-refractivity contribution in [3.63, 3.8) is 0 Å². The summed E-state index contributed by atoms with van der Waals surface area (Å²) in [4.78, 5) is 8.26. The highest BCUT2D eigenvalue weighted by atomic mass is 79.9. The number of aliphatic imine (C=N–C) groups is 2. The molecule has 2 aromatic rings. The maximum absolute atomic E-state index is 5.96. The van der Waals surface area contributed by atoms with Crippen LogP contribution in [0.3, 0.4) is 0 Å². The molecule has 0 spiro atoms. The predicted octanol–water partition coefficient (Wildman–Crippen LogP) is 5.61. The van der Waals surface area contributed by atoms with Gasteiger partial charge in [0, 0.05) is 8.95 Å². The summed E-state index contributed by atoms with van der Waals surface area (Å²) >= 11 is 18.6. The quantitative estimate of drug-likeness (QED) is 0.494. The van der Waals surface area contributed by atoms with Crippen LogP contribution in [0.5, 0.6) is 0 Å². The van der Waals surface area contributed by atoms with Crippen molar-refractivity contribution < 1.29 is 9.47 Å². The molecule has 29 heavy (non-hydrogen) atoms. The normalized spacial score (nSPS) is 19.7. The Hall–Kier alpha value is -1.48. The van der Waals surface area contributed by atoms with Crippen molar-refractivity contribution in [3.8, 4) is 0 Å². The topological polar surface area (TPSA) is 95.2 Å². The van der Waals surface area contributed by atoms with E-state index >= 15 is 0 Å². The Kier molecular flexibility index (Phi) is 8.63. The zero-order chi connectivity index (χ0) is 20.3. The van der Waals surface area contributed by atoms with Gasteiger partial charge in [0.05, 0.1) is 10.0 Å². The van der Waals surface area contributed by atoms with Crippen LogP contribution in [0.15, 0.2) is 55.3 Å². The molecule has 0 saturated heterocycles. The Morgan fingerprint density at radius 1 is 0.793 bits per heavy atom. The molecule has 10 heteroatoms. The van der Waals surface area contributed by atoms with Gasteiger partial charge in [0.15, 0.2) is 0 Å². The van der Waals surface area contributed by atoms with Crippen LogP contribution in [-0.4, -0.2) is 25.3 Å². The lowest BCUT2D eigenvalue weighted by atomic mass is 10.1. The summed E-state index contributed by atoms with van der Waals surface area (Å²) in [5, 5.41) is 1.34. The average molecular weight is 567 g/mol. The van der Waals surface area contributed by atoms with Crippen LogP contribution in [0.25, 0.3) is 0 Å². The standard InChI is InChI=1S/2C9H8BrClN2O.CH4/c2*10-6-2-1-5(3-7(6)11)8-4-14-9(12)13-8;/h2*1-3,8H,4H2,(H2,12,13);1H4/t2*8-;/m10./s1. The molecule has 0 unspecified atom stereocenters. The molecule has 2 aromatic carbocycles. The van der Waals surface area contributed by atoms with Crippen molar-refractivity contribution >= 4 is 67.1 Å². The number of rotatable bonds is 2. The van der Waals surface area contributed by atoms with Gasteiger partial charge in [0.2, 0.25) is 0 Å². The monoisotopic (exact) mass is 564 g/mol. The van der Waals surface area contributed by atoms with Gasteiger partial charge in [-0.25, -0.2) is 9.98 Å². The Bertz CT molecular complexity index is 865. The zero-order valence-electron chi connectivity index (χ0n) is 14.4. The minimum atomic E-state index is -0.0272. The molecule has 0 aliphatic carbocycles. The number of halogens is 4. The van der Waals surface area contributed by atoms with Gasteiger partial charge in [-0.3, -0.25) is 0 Å². The largest absolute Gasteiger partial charge is 0.463 e. The maximum Gasteiger partial charge on any atom is 0.282 e. The van der Waals surface area contributed by atoms with E-state index in [0.29, 0.717) is 23.3 Å². The number of hydrogen-bond acceptors (Lipinski definition) is 6. The van der Waals surface area contributed by atoms with Crippen LogP contribution in [0.4, 0.5) is 0 Å². The van der Waals surface area contributed by atoms with E-state index in [1.165, 1.54) is 0 Å². The lowest BCUT2D eigenvalue weighted by Crippen LogP contribution is -2.10. The zero-order valence-corrected chi connectivity index (χ0v) is 19.1. The summed E-state index contributed by atoms with van der Waals surface area (Å²) in [5.74, 6) is 0. The van der Waals surface area contributed by atoms with E-state index in [2.05, 4.69) is 41.8 Å². The molecule has 2 aliphatic heterocycles. The van der Waals surface area contributed by atoms with Crippen LogP contribution >= 0.6 is 55.1 Å². The molecule has 4 N–H and O–H groups in total. The first-order valence-electron chi connectivity index (χ1n) is 8.15. The van der Waals surface area contributed by atoms with Gasteiger partial charge in [0.1, 0.15) is 25.3 Å². The summed E-state index contributed by atoms with van der Waals surface area (Å²) in [6.45, 7) is 0.980. The van der Waals surface area contributed by atoms with E-state index in [9.17, 15) is 0 Å². The van der Waals surface area contributed by atoms with Gasteiger partial charge in [-0.2, -0.15) is 0 Å². The summed E-state index contributed by atoms with van der Waals surface area (Å²) in [6, 6.07) is 11.8. The number of nitrogens with two attached hydrogens (primary N) is 2. The molecule has 0 bridgehead atoms. The van der Waals surface area contributed by atoms with Crippen LogP contribution in [0.1, 0.15) is 30.6 Å². The van der Waals surface area contributed by atoms with Gasteiger partial charge >= 0.3 is 0 Å². The highest BCUT2D eigenvalue weighted by molar-refractivity contribution is 9.10. The minimum absolute atomic E-state index is 0. The van der Waals surface area contributed by atoms with Gasteiger partial charge in [-0.05, 0) is 67.3 Å². The number of nitrogens with zero attached hydrogens (tertiary/aromatic N) is 2. The predicted molar refractivity (Wildman–Crippen MR) is 126 cm³/mol. The van der Waals surface area contributed by atoms with E-state index < -0.39 is 0 Å². The van der Waals surface area contributed by atoms with Crippen LogP contribution in [0.2, 0.25) is 10.0 Å². The first-order chi connectivity index (χ1) is 13.3. The van der Waals surface area contributed by atoms with E-state index in [4.69, 9.17) is 44.1 Å². The highest BCUT2D eigenvalue weighted by Crippen LogP contribution is 2.30. The van der Waals surface area contributed by atoms with Crippen molar-refractivity contribution in [1.29, 1.82) is 0 Å². The van der Waals surface area contributed by atoms with Crippen molar-refractivity contribution in [2.24, 2.45) is 21.5 Å². The number of hydrogen-bond donors (Lipinski definition) is 2. The van der Waals surface area contributed by atoms with Crippen molar-refractivity contribution in [2.45, 2.75) is 19.5 Å². The summed E-state index contributed by atoms with van der Waals surface area (Å²) < 4.78 is 11.9. The third kappa shape index (κ3) is 6.25. The molecule has 4 rings (SSSR count). The van der Waals surface area contributed by atoms with Crippen LogP contribution < -0.4 is 11.5 Å². The molecule has 0 amide bonds. The van der Waals surface area contributed by atoms with Gasteiger partial charge < -0.3 is 20.9 Å². The number of benzene rings is 2. The summed E-state index contributed by atoms with van der Waals surface area (Å²) in [5.41, 5.74) is 12.9. The lowest BCUT2D eigenvalue weighted by molar-refractivity contribution is 0.315. The third-order valence-electron chi connectivity index (χ3n) is 4.00. The summed E-state index contributed by atoms with van der Waals surface area (Å²) in [7, 11) is 0. The molecular formula is C19H20Br2Cl2N4O2. The van der Waals surface area contributed by atoms with E-state index in [-0.39, 0.29) is 31.6 Å². The minimum Gasteiger partial charge on any atom is -0.463 e. The molecule has 0 saturated carbocycles. The fourth-order valence-corrected chi connectivity index (χ4v) is 3.44. The van der Waals surface area contributed by atoms with E-state index in [0.717, 1.165) is 20.1 Å². The Morgan fingerprint density at radius 2 is 1.17 bits per heavy atom. The highest BCUT2D eigenvalue weighted by Gasteiger charge is 2.20. The van der Waals surface area contributed by atoms with Crippen molar-refractivity contribution in [3.05, 3.63) is 66.5 Å². The Labute approximate surface area is 196 Å². The SMILES string of the molecule is C.NC1=N[C@@H](c2ccc(Br)c(Cl)c2)CO1.NC1=N[C@H](c2ccc(Br)c(Cl)c2)CO1. The molecular weight excluding hydrogens is 547 g/mol. The third-order valence-corrected chi connectivity index (χ3v) is 6.47. The Balaban J connectivity index is 0.000000200. The molecule has 6 nitrogen and oxygen atoms in total. The maximum atomic E-state index is 5.96. The molecule has 0 radical (unpaired) electrons.